The first-order valence-corrected chi connectivity index (χ1v) is 7.71. The van der Waals surface area contributed by atoms with Crippen LogP contribution in [-0.4, -0.2) is 31.2 Å². The Morgan fingerprint density at radius 3 is 2.06 bits per heavy atom. The molecule has 0 atom stereocenters. The van der Waals surface area contributed by atoms with Gasteiger partial charge in [0, 0.05) is 26.2 Å². The third kappa shape index (κ3) is 2.57. The molecule has 3 heterocycles. The van der Waals surface area contributed by atoms with Crippen molar-refractivity contribution < 1.29 is 0 Å². The second-order valence-corrected chi connectivity index (χ2v) is 6.06. The highest BCUT2D eigenvalue weighted by atomic mass is 32.1. The van der Waals surface area contributed by atoms with Crippen molar-refractivity contribution in [2.45, 2.75) is 38.5 Å². The second-order valence-electron chi connectivity index (χ2n) is 5.08. The Hall–Kier alpha value is -0.770. The molecule has 0 saturated carbocycles. The van der Waals surface area contributed by atoms with Gasteiger partial charge in [0.1, 0.15) is 5.00 Å². The van der Waals surface area contributed by atoms with Crippen LogP contribution in [0.3, 0.4) is 0 Å². The normalized spacial score (nSPS) is 21.9. The number of aromatic nitrogens is 1. The molecule has 0 spiro atoms. The standard InChI is InChI=1S/C13H21N3S/c1-3-7-15(8-4-1)12-11-14-13(17-12)16-9-5-2-6-10-16/h11H,1-10H2. The van der Waals surface area contributed by atoms with Gasteiger partial charge in [0.15, 0.2) is 5.13 Å². The number of rotatable bonds is 2. The molecule has 17 heavy (non-hydrogen) atoms. The van der Waals surface area contributed by atoms with Crippen LogP contribution in [0.5, 0.6) is 0 Å². The molecule has 2 saturated heterocycles. The van der Waals surface area contributed by atoms with Gasteiger partial charge in [-0.05, 0) is 38.5 Å². The minimum absolute atomic E-state index is 1.20. The Kier molecular flexibility index (Phi) is 3.50. The number of nitrogens with zero attached hydrogens (tertiary/aromatic N) is 3. The zero-order chi connectivity index (χ0) is 11.5. The summed E-state index contributed by atoms with van der Waals surface area (Å²) in [5.74, 6) is 0. The van der Waals surface area contributed by atoms with Crippen LogP contribution in [0.25, 0.3) is 0 Å². The Labute approximate surface area is 107 Å². The summed E-state index contributed by atoms with van der Waals surface area (Å²) in [6.07, 6.45) is 10.2. The van der Waals surface area contributed by atoms with Gasteiger partial charge >= 0.3 is 0 Å². The minimum atomic E-state index is 1.20. The van der Waals surface area contributed by atoms with Crippen LogP contribution in [0.1, 0.15) is 38.5 Å². The topological polar surface area (TPSA) is 19.4 Å². The van der Waals surface area contributed by atoms with E-state index in [0.29, 0.717) is 0 Å². The van der Waals surface area contributed by atoms with Crippen molar-refractivity contribution in [3.63, 3.8) is 0 Å². The number of hydrogen-bond acceptors (Lipinski definition) is 4. The lowest BCUT2D eigenvalue weighted by atomic mass is 10.1. The molecular formula is C13H21N3S. The average Bonchev–Trinajstić information content (AvgIpc) is 2.90. The Morgan fingerprint density at radius 2 is 1.41 bits per heavy atom. The lowest BCUT2D eigenvalue weighted by molar-refractivity contribution is 0.577. The van der Waals surface area contributed by atoms with E-state index in [0.717, 1.165) is 0 Å². The molecule has 2 fully saturated rings. The SMILES string of the molecule is c1nc(N2CCCCC2)sc1N1CCCCC1. The van der Waals surface area contributed by atoms with E-state index in [2.05, 4.69) is 21.0 Å². The van der Waals surface area contributed by atoms with Gasteiger partial charge in [0.05, 0.1) is 6.20 Å². The molecule has 1 aromatic rings. The number of hydrogen-bond donors (Lipinski definition) is 0. The van der Waals surface area contributed by atoms with Crippen molar-refractivity contribution in [3.05, 3.63) is 6.20 Å². The summed E-state index contributed by atoms with van der Waals surface area (Å²) in [6, 6.07) is 0. The Morgan fingerprint density at radius 1 is 0.824 bits per heavy atom. The molecule has 0 aromatic carbocycles. The highest BCUT2D eigenvalue weighted by Gasteiger charge is 2.17. The molecule has 0 radical (unpaired) electrons. The maximum atomic E-state index is 4.62. The van der Waals surface area contributed by atoms with E-state index in [1.54, 1.807) is 0 Å². The van der Waals surface area contributed by atoms with Gasteiger partial charge in [-0.3, -0.25) is 0 Å². The van der Waals surface area contributed by atoms with Gasteiger partial charge in [-0.1, -0.05) is 11.3 Å². The lowest BCUT2D eigenvalue weighted by Crippen LogP contribution is -2.29. The third-order valence-electron chi connectivity index (χ3n) is 3.78. The molecule has 0 amide bonds. The molecule has 2 aliphatic rings. The fourth-order valence-corrected chi connectivity index (χ4v) is 3.77. The number of anilines is 2. The van der Waals surface area contributed by atoms with E-state index in [4.69, 9.17) is 0 Å². The summed E-state index contributed by atoms with van der Waals surface area (Å²) in [4.78, 5) is 9.59. The van der Waals surface area contributed by atoms with Gasteiger partial charge < -0.3 is 9.80 Å². The summed E-state index contributed by atoms with van der Waals surface area (Å²) in [5, 5.41) is 2.62. The highest BCUT2D eigenvalue weighted by molar-refractivity contribution is 7.19. The highest BCUT2D eigenvalue weighted by Crippen LogP contribution is 2.32. The molecule has 0 unspecified atom stereocenters. The van der Waals surface area contributed by atoms with Crippen molar-refractivity contribution in [2.75, 3.05) is 36.0 Å². The van der Waals surface area contributed by atoms with E-state index < -0.39 is 0 Å². The summed E-state index contributed by atoms with van der Waals surface area (Å²) < 4.78 is 0. The van der Waals surface area contributed by atoms with Gasteiger partial charge in [0.2, 0.25) is 0 Å². The molecule has 94 valence electrons. The minimum Gasteiger partial charge on any atom is -0.362 e. The van der Waals surface area contributed by atoms with E-state index in [1.165, 1.54) is 74.8 Å². The molecule has 2 aliphatic heterocycles. The van der Waals surface area contributed by atoms with E-state index in [1.807, 2.05) is 11.3 Å². The van der Waals surface area contributed by atoms with E-state index in [-0.39, 0.29) is 0 Å². The zero-order valence-electron chi connectivity index (χ0n) is 10.4. The van der Waals surface area contributed by atoms with Gasteiger partial charge in [-0.15, -0.1) is 0 Å². The monoisotopic (exact) mass is 251 g/mol. The Bertz CT molecular complexity index is 319. The lowest BCUT2D eigenvalue weighted by Gasteiger charge is -2.27. The molecule has 3 nitrogen and oxygen atoms in total. The first kappa shape index (κ1) is 11.3. The summed E-state index contributed by atoms with van der Waals surface area (Å²) >= 11 is 1.89. The summed E-state index contributed by atoms with van der Waals surface area (Å²) in [5.41, 5.74) is 0. The van der Waals surface area contributed by atoms with Crippen LogP contribution >= 0.6 is 11.3 Å². The number of thiazole rings is 1. The van der Waals surface area contributed by atoms with E-state index >= 15 is 0 Å². The van der Waals surface area contributed by atoms with Gasteiger partial charge in [-0.2, -0.15) is 0 Å². The Balaban J connectivity index is 1.68. The molecule has 0 aliphatic carbocycles. The second kappa shape index (κ2) is 5.25. The third-order valence-corrected chi connectivity index (χ3v) is 4.89. The van der Waals surface area contributed by atoms with E-state index in [9.17, 15) is 0 Å². The van der Waals surface area contributed by atoms with Crippen LogP contribution in [0.15, 0.2) is 6.20 Å². The maximum Gasteiger partial charge on any atom is 0.187 e. The van der Waals surface area contributed by atoms with Crippen LogP contribution in [0, 0.1) is 0 Å². The summed E-state index contributed by atoms with van der Waals surface area (Å²) in [6.45, 7) is 4.85. The van der Waals surface area contributed by atoms with Gasteiger partial charge in [0.25, 0.3) is 0 Å². The van der Waals surface area contributed by atoms with Crippen LogP contribution < -0.4 is 9.80 Å². The molecule has 4 heteroatoms. The van der Waals surface area contributed by atoms with Crippen molar-refractivity contribution >= 4 is 21.5 Å². The van der Waals surface area contributed by atoms with Crippen molar-refractivity contribution in [3.8, 4) is 0 Å². The maximum absolute atomic E-state index is 4.62. The molecule has 0 bridgehead atoms. The van der Waals surface area contributed by atoms with Crippen LogP contribution in [0.4, 0.5) is 10.1 Å². The average molecular weight is 251 g/mol. The van der Waals surface area contributed by atoms with Gasteiger partial charge in [-0.25, -0.2) is 4.98 Å². The predicted molar refractivity (Wildman–Crippen MR) is 74.2 cm³/mol. The fourth-order valence-electron chi connectivity index (χ4n) is 2.75. The molecule has 1 aromatic heterocycles. The summed E-state index contributed by atoms with van der Waals surface area (Å²) in [7, 11) is 0. The van der Waals surface area contributed by atoms with Crippen molar-refractivity contribution in [1.82, 2.24) is 4.98 Å². The smallest absolute Gasteiger partial charge is 0.187 e. The molecular weight excluding hydrogens is 230 g/mol. The quantitative estimate of drug-likeness (QED) is 0.805. The largest absolute Gasteiger partial charge is 0.362 e. The first-order valence-electron chi connectivity index (χ1n) is 6.89. The molecule has 3 rings (SSSR count). The molecule has 0 N–H and O–H groups in total. The predicted octanol–water partition coefficient (Wildman–Crippen LogP) is 3.12. The van der Waals surface area contributed by atoms with Crippen LogP contribution in [-0.2, 0) is 0 Å². The zero-order valence-corrected chi connectivity index (χ0v) is 11.2. The van der Waals surface area contributed by atoms with Crippen molar-refractivity contribution in [2.24, 2.45) is 0 Å². The van der Waals surface area contributed by atoms with Crippen molar-refractivity contribution in [1.29, 1.82) is 0 Å². The number of piperidine rings is 2. The van der Waals surface area contributed by atoms with Crippen LogP contribution in [0.2, 0.25) is 0 Å². The first-order chi connectivity index (χ1) is 8.43. The fraction of sp³-hybridized carbons (Fsp3) is 0.769.